The molecule has 1 atom stereocenters. The molecule has 4 heterocycles. The molecule has 3 aromatic heterocycles. The van der Waals surface area contributed by atoms with Crippen molar-refractivity contribution < 1.29 is 4.74 Å². The molecule has 1 aliphatic rings. The number of nitrogens with zero attached hydrogens (tertiary/aromatic N) is 6. The molecule has 1 fully saturated rings. The molecule has 12 heteroatoms. The maximum Gasteiger partial charge on any atom is 0.332 e. The number of hydrogen-bond donors (Lipinski definition) is 1. The Bertz CT molecular complexity index is 1110. The first kappa shape index (κ1) is 20.1. The van der Waals surface area contributed by atoms with E-state index in [2.05, 4.69) is 20.5 Å². The van der Waals surface area contributed by atoms with Crippen LogP contribution >= 0.6 is 23.1 Å². The van der Waals surface area contributed by atoms with Crippen LogP contribution in [0.1, 0.15) is 19.3 Å². The van der Waals surface area contributed by atoms with Crippen LogP contribution in [0.25, 0.3) is 11.2 Å². The van der Waals surface area contributed by atoms with Crippen LogP contribution in [0.2, 0.25) is 0 Å². The van der Waals surface area contributed by atoms with E-state index in [1.807, 2.05) is 0 Å². The van der Waals surface area contributed by atoms with Gasteiger partial charge in [0.25, 0.3) is 5.56 Å². The number of anilines is 1. The number of fused-ring (bicyclic) bond motifs is 1. The van der Waals surface area contributed by atoms with E-state index in [4.69, 9.17) is 4.74 Å². The van der Waals surface area contributed by atoms with E-state index < -0.39 is 0 Å². The highest BCUT2D eigenvalue weighted by molar-refractivity contribution is 8.01. The van der Waals surface area contributed by atoms with Crippen molar-refractivity contribution in [2.45, 2.75) is 36.3 Å². The standard InChI is InChI=1S/C17H23N7O3S2/c1-22-10-19-13-12(22)14(25)24(17(26)23(13)2)6-4-8-28-16-21-20-15(29-16)18-9-11-5-3-7-27-11/h10-11H,3-9H2,1-2H3,(H,18,20)/t11-/m0/s1. The molecule has 0 bridgehead atoms. The van der Waals surface area contributed by atoms with Crippen LogP contribution in [0.5, 0.6) is 0 Å². The van der Waals surface area contributed by atoms with Gasteiger partial charge in [-0.15, -0.1) is 10.2 Å². The number of hydrogen-bond acceptors (Lipinski definition) is 9. The average molecular weight is 438 g/mol. The highest BCUT2D eigenvalue weighted by Gasteiger charge is 2.16. The summed E-state index contributed by atoms with van der Waals surface area (Å²) in [6.07, 6.45) is 4.67. The van der Waals surface area contributed by atoms with E-state index in [-0.39, 0.29) is 17.4 Å². The van der Waals surface area contributed by atoms with Gasteiger partial charge in [-0.1, -0.05) is 23.1 Å². The molecule has 0 spiro atoms. The van der Waals surface area contributed by atoms with E-state index in [1.165, 1.54) is 20.5 Å². The van der Waals surface area contributed by atoms with Crippen LogP contribution in [-0.2, 0) is 25.4 Å². The summed E-state index contributed by atoms with van der Waals surface area (Å²) in [4.78, 5) is 29.3. The monoisotopic (exact) mass is 437 g/mol. The number of imidazole rings is 1. The van der Waals surface area contributed by atoms with Gasteiger partial charge in [0.15, 0.2) is 15.5 Å². The molecule has 156 valence electrons. The van der Waals surface area contributed by atoms with Gasteiger partial charge < -0.3 is 14.6 Å². The summed E-state index contributed by atoms with van der Waals surface area (Å²) < 4.78 is 10.8. The average Bonchev–Trinajstić information content (AvgIpc) is 3.45. The Kier molecular flexibility index (Phi) is 6.01. The van der Waals surface area contributed by atoms with Crippen molar-refractivity contribution in [3.8, 4) is 0 Å². The van der Waals surface area contributed by atoms with Gasteiger partial charge in [0.2, 0.25) is 5.13 Å². The fourth-order valence-electron chi connectivity index (χ4n) is 3.32. The molecule has 10 nitrogen and oxygen atoms in total. The lowest BCUT2D eigenvalue weighted by Crippen LogP contribution is -2.39. The van der Waals surface area contributed by atoms with Crippen LogP contribution in [0.3, 0.4) is 0 Å². The second kappa shape index (κ2) is 8.67. The van der Waals surface area contributed by atoms with Crippen molar-refractivity contribution in [2.75, 3.05) is 24.2 Å². The molecule has 0 saturated carbocycles. The maximum atomic E-state index is 12.7. The van der Waals surface area contributed by atoms with E-state index in [0.29, 0.717) is 24.1 Å². The molecule has 1 N–H and O–H groups in total. The van der Waals surface area contributed by atoms with Gasteiger partial charge in [-0.05, 0) is 19.3 Å². The molecule has 4 rings (SSSR count). The summed E-state index contributed by atoms with van der Waals surface area (Å²) in [6, 6.07) is 0. The molecule has 3 aromatic rings. The van der Waals surface area contributed by atoms with Gasteiger partial charge in [-0.2, -0.15) is 0 Å². The second-order valence-corrected chi connectivity index (χ2v) is 9.24. The SMILES string of the molecule is Cn1cnc2c1c(=O)n(CCCSc1nnc(NC[C@@H]3CCCO3)s1)c(=O)n2C. The normalized spacial score (nSPS) is 16.7. The zero-order valence-corrected chi connectivity index (χ0v) is 18.0. The molecule has 0 radical (unpaired) electrons. The Balaban J connectivity index is 1.32. The highest BCUT2D eigenvalue weighted by atomic mass is 32.2. The summed E-state index contributed by atoms with van der Waals surface area (Å²) in [7, 11) is 3.38. The molecule has 29 heavy (non-hydrogen) atoms. The van der Waals surface area contributed by atoms with Gasteiger partial charge in [0, 0.05) is 39.5 Å². The lowest BCUT2D eigenvalue weighted by Gasteiger charge is -2.08. The van der Waals surface area contributed by atoms with Crippen LogP contribution in [0.4, 0.5) is 5.13 Å². The number of thioether (sulfide) groups is 1. The first-order valence-corrected chi connectivity index (χ1v) is 11.3. The number of rotatable bonds is 8. The summed E-state index contributed by atoms with van der Waals surface area (Å²) in [5, 5.41) is 12.4. The van der Waals surface area contributed by atoms with Gasteiger partial charge in [-0.3, -0.25) is 13.9 Å². The summed E-state index contributed by atoms with van der Waals surface area (Å²) >= 11 is 3.08. The first-order chi connectivity index (χ1) is 14.0. The number of aromatic nitrogens is 6. The number of nitrogens with one attached hydrogen (secondary N) is 1. The van der Waals surface area contributed by atoms with Gasteiger partial charge >= 0.3 is 5.69 Å². The third-order valence-electron chi connectivity index (χ3n) is 4.86. The summed E-state index contributed by atoms with van der Waals surface area (Å²) in [5.41, 5.74) is 0.197. The van der Waals surface area contributed by atoms with Crippen molar-refractivity contribution in [2.24, 2.45) is 14.1 Å². The highest BCUT2D eigenvalue weighted by Crippen LogP contribution is 2.26. The number of ether oxygens (including phenoxy) is 1. The fraction of sp³-hybridized carbons (Fsp3) is 0.588. The van der Waals surface area contributed by atoms with Crippen molar-refractivity contribution in [1.29, 1.82) is 0 Å². The Morgan fingerprint density at radius 1 is 1.34 bits per heavy atom. The molecule has 0 aliphatic carbocycles. The quantitative estimate of drug-likeness (QED) is 0.412. The van der Waals surface area contributed by atoms with Crippen molar-refractivity contribution in [1.82, 2.24) is 28.9 Å². The summed E-state index contributed by atoms with van der Waals surface area (Å²) in [5.74, 6) is 0.736. The molecule has 0 amide bonds. The smallest absolute Gasteiger partial charge is 0.332 e. The minimum Gasteiger partial charge on any atom is -0.376 e. The Labute approximate surface area is 174 Å². The van der Waals surface area contributed by atoms with E-state index in [0.717, 1.165) is 41.2 Å². The zero-order valence-electron chi connectivity index (χ0n) is 16.3. The minimum atomic E-state index is -0.345. The predicted molar refractivity (Wildman–Crippen MR) is 113 cm³/mol. The number of aryl methyl sites for hydroxylation is 2. The van der Waals surface area contributed by atoms with E-state index >= 15 is 0 Å². The van der Waals surface area contributed by atoms with Gasteiger partial charge in [0.1, 0.15) is 0 Å². The fourth-order valence-corrected chi connectivity index (χ4v) is 5.07. The second-order valence-electron chi connectivity index (χ2n) is 6.92. The molecule has 1 aliphatic heterocycles. The van der Waals surface area contributed by atoms with Crippen LogP contribution in [-0.4, -0.2) is 53.9 Å². The van der Waals surface area contributed by atoms with Crippen LogP contribution in [0, 0.1) is 0 Å². The zero-order chi connectivity index (χ0) is 20.4. The van der Waals surface area contributed by atoms with Gasteiger partial charge in [0.05, 0.1) is 12.4 Å². The van der Waals surface area contributed by atoms with Crippen molar-refractivity contribution >= 4 is 39.4 Å². The minimum absolute atomic E-state index is 0.257. The Morgan fingerprint density at radius 3 is 3.00 bits per heavy atom. The Hall–Kier alpha value is -2.18. The van der Waals surface area contributed by atoms with E-state index in [1.54, 1.807) is 36.8 Å². The third-order valence-corrected chi connectivity index (χ3v) is 6.96. The van der Waals surface area contributed by atoms with Crippen molar-refractivity contribution in [3.05, 3.63) is 27.2 Å². The largest absolute Gasteiger partial charge is 0.376 e. The molecule has 0 unspecified atom stereocenters. The predicted octanol–water partition coefficient (Wildman–Crippen LogP) is 1.06. The molecular weight excluding hydrogens is 414 g/mol. The first-order valence-electron chi connectivity index (χ1n) is 9.47. The van der Waals surface area contributed by atoms with Crippen molar-refractivity contribution in [3.63, 3.8) is 0 Å². The molecule has 0 aromatic carbocycles. The Morgan fingerprint density at radius 2 is 2.21 bits per heavy atom. The van der Waals surface area contributed by atoms with Gasteiger partial charge in [-0.25, -0.2) is 9.78 Å². The van der Waals surface area contributed by atoms with Crippen LogP contribution < -0.4 is 16.6 Å². The van der Waals surface area contributed by atoms with E-state index in [9.17, 15) is 9.59 Å². The van der Waals surface area contributed by atoms with Crippen LogP contribution in [0.15, 0.2) is 20.3 Å². The topological polar surface area (TPSA) is 109 Å². The third kappa shape index (κ3) is 4.23. The maximum absolute atomic E-state index is 12.7. The lowest BCUT2D eigenvalue weighted by atomic mass is 10.2. The molecule has 1 saturated heterocycles. The summed E-state index contributed by atoms with van der Waals surface area (Å²) in [6.45, 7) is 1.94. The lowest BCUT2D eigenvalue weighted by molar-refractivity contribution is 0.120. The molecular formula is C17H23N7O3S2.